The Balaban J connectivity index is 4.34. The van der Waals surface area contributed by atoms with Gasteiger partial charge in [0.1, 0.15) is 13.2 Å². The molecule has 0 saturated carbocycles. The van der Waals surface area contributed by atoms with Crippen molar-refractivity contribution >= 4 is 17.9 Å². The van der Waals surface area contributed by atoms with E-state index in [1.807, 2.05) is 0 Å². The van der Waals surface area contributed by atoms with Crippen molar-refractivity contribution in [2.75, 3.05) is 13.2 Å². The van der Waals surface area contributed by atoms with Gasteiger partial charge in [-0.25, -0.2) is 0 Å². The van der Waals surface area contributed by atoms with Crippen molar-refractivity contribution in [1.82, 2.24) is 0 Å². The highest BCUT2D eigenvalue weighted by atomic mass is 16.6. The molecule has 0 fully saturated rings. The van der Waals surface area contributed by atoms with E-state index < -0.39 is 6.10 Å². The van der Waals surface area contributed by atoms with Gasteiger partial charge in [0.2, 0.25) is 0 Å². The summed E-state index contributed by atoms with van der Waals surface area (Å²) in [5.74, 6) is -0.938. The summed E-state index contributed by atoms with van der Waals surface area (Å²) < 4.78 is 16.9. The predicted octanol–water partition coefficient (Wildman–Crippen LogP) is 23.3. The number of unbranched alkanes of at least 4 members (excludes halogenated alkanes) is 22. The number of hydrogen-bond donors (Lipinski definition) is 0. The summed E-state index contributed by atoms with van der Waals surface area (Å²) in [4.78, 5) is 38.3. The van der Waals surface area contributed by atoms with Gasteiger partial charge in [-0.3, -0.25) is 14.4 Å². The third kappa shape index (κ3) is 65.8. The van der Waals surface area contributed by atoms with Crippen molar-refractivity contribution in [3.63, 3.8) is 0 Å². The van der Waals surface area contributed by atoms with Crippen molar-refractivity contribution in [2.45, 2.75) is 290 Å². The van der Waals surface area contributed by atoms with Crippen LogP contribution in [-0.4, -0.2) is 37.2 Å². The van der Waals surface area contributed by atoms with Gasteiger partial charge in [0.15, 0.2) is 6.10 Å². The topological polar surface area (TPSA) is 78.9 Å². The Morgan fingerprint density at radius 2 is 0.476 bits per heavy atom. The molecule has 0 aromatic rings. The molecule has 0 aromatic carbocycles. The molecule has 82 heavy (non-hydrogen) atoms. The van der Waals surface area contributed by atoms with Gasteiger partial charge in [0, 0.05) is 19.3 Å². The number of hydrogen-bond acceptors (Lipinski definition) is 6. The Morgan fingerprint density at radius 3 is 0.756 bits per heavy atom. The molecule has 0 aromatic heterocycles. The fourth-order valence-corrected chi connectivity index (χ4v) is 8.84. The smallest absolute Gasteiger partial charge is 0.306 e. The third-order valence-electron chi connectivity index (χ3n) is 13.8. The van der Waals surface area contributed by atoms with E-state index in [4.69, 9.17) is 14.2 Å². The zero-order valence-corrected chi connectivity index (χ0v) is 52.9. The molecule has 0 heterocycles. The molecule has 0 spiro atoms. The Hall–Kier alpha value is -4.97. The Labute approximate surface area is 505 Å². The number of carbonyl (C=O) groups excluding carboxylic acids is 3. The van der Waals surface area contributed by atoms with E-state index in [-0.39, 0.29) is 37.5 Å². The average molecular weight is 1130 g/mol. The molecule has 6 nitrogen and oxygen atoms in total. The van der Waals surface area contributed by atoms with Crippen LogP contribution in [0.2, 0.25) is 0 Å². The Morgan fingerprint density at radius 1 is 0.256 bits per heavy atom. The maximum Gasteiger partial charge on any atom is 0.306 e. The maximum atomic E-state index is 12.9. The number of allylic oxidation sites excluding steroid dienone is 26. The van der Waals surface area contributed by atoms with E-state index in [0.29, 0.717) is 12.8 Å². The fourth-order valence-electron chi connectivity index (χ4n) is 8.84. The lowest BCUT2D eigenvalue weighted by atomic mass is 10.0. The molecule has 0 aliphatic carbocycles. The van der Waals surface area contributed by atoms with E-state index in [1.165, 1.54) is 89.9 Å². The summed E-state index contributed by atoms with van der Waals surface area (Å²) in [5.41, 5.74) is 0. The first-order valence-corrected chi connectivity index (χ1v) is 33.5. The molecule has 6 heteroatoms. The van der Waals surface area contributed by atoms with Gasteiger partial charge < -0.3 is 14.2 Å². The van der Waals surface area contributed by atoms with Gasteiger partial charge in [0.05, 0.1) is 0 Å². The molecule has 1 unspecified atom stereocenters. The Bertz CT molecular complexity index is 1830. The van der Waals surface area contributed by atoms with Crippen LogP contribution in [0.1, 0.15) is 284 Å². The van der Waals surface area contributed by atoms with E-state index in [2.05, 4.69) is 179 Å². The lowest BCUT2D eigenvalue weighted by Crippen LogP contribution is -2.30. The van der Waals surface area contributed by atoms with Crippen LogP contribution in [0.3, 0.4) is 0 Å². The summed E-state index contributed by atoms with van der Waals surface area (Å²) in [7, 11) is 0. The highest BCUT2D eigenvalue weighted by molar-refractivity contribution is 5.71. The van der Waals surface area contributed by atoms with E-state index in [9.17, 15) is 14.4 Å². The summed E-state index contributed by atoms with van der Waals surface area (Å²) >= 11 is 0. The second-order valence-electron chi connectivity index (χ2n) is 21.6. The van der Waals surface area contributed by atoms with Crippen LogP contribution in [0, 0.1) is 0 Å². The highest BCUT2D eigenvalue weighted by Gasteiger charge is 2.19. The second-order valence-corrected chi connectivity index (χ2v) is 21.6. The normalized spacial score (nSPS) is 13.2. The lowest BCUT2D eigenvalue weighted by molar-refractivity contribution is -0.167. The SMILES string of the molecule is CC/C=C\C/C=C\C/C=C\C/C=C\C/C=C\C/C=C\C/C=C\C/C=C\CCCCCCCCCCC(=O)OCC(COC(=O)CCCCCCCCCCCCCC)OC(=O)CCCCC/C=C\C/C=C\C/C=C\C/C=C\C/C=C\CC. The third-order valence-corrected chi connectivity index (χ3v) is 13.8. The van der Waals surface area contributed by atoms with Gasteiger partial charge in [-0.05, 0) is 128 Å². The largest absolute Gasteiger partial charge is 0.462 e. The zero-order valence-electron chi connectivity index (χ0n) is 52.9. The molecular formula is C76H122O6. The minimum atomic E-state index is -0.805. The number of ether oxygens (including phenoxy) is 3. The van der Waals surface area contributed by atoms with Crippen LogP contribution in [0.15, 0.2) is 158 Å². The standard InChI is InChI=1S/C76H122O6/c1-4-7-10-13-16-19-22-25-27-29-31-32-33-34-35-36-37-38-39-40-41-42-43-44-46-47-49-51-54-57-60-63-66-69-75(78)81-72-73(71-80-74(77)68-65-62-59-56-53-24-21-18-15-12-9-6-3)82-76(79)70-67-64-61-58-55-52-50-48-45-30-28-26-23-20-17-14-11-8-5-2/h7-8,10-11,16-17,19-20,25-28,31-32,34-35,37-38,40-41,43-45,48,52,55,73H,4-6,9,12-15,18,21-24,29-30,33,36,39,42,46-47,49-51,53-54,56-72H2,1-3H3/b10-7-,11-8-,19-16-,20-17-,27-25-,28-26-,32-31-,35-34-,38-37-,41-40-,44-43-,48-45-,55-52-. The van der Waals surface area contributed by atoms with E-state index >= 15 is 0 Å². The van der Waals surface area contributed by atoms with Crippen molar-refractivity contribution in [1.29, 1.82) is 0 Å². The average Bonchev–Trinajstić information content (AvgIpc) is 3.47. The quantitative estimate of drug-likeness (QED) is 0.0261. The molecule has 0 amide bonds. The molecule has 0 rings (SSSR count). The van der Waals surface area contributed by atoms with E-state index in [0.717, 1.165) is 154 Å². The zero-order chi connectivity index (χ0) is 59.2. The summed E-state index contributed by atoms with van der Waals surface area (Å²) in [6.45, 7) is 6.38. The van der Waals surface area contributed by atoms with Crippen LogP contribution in [0.4, 0.5) is 0 Å². The summed E-state index contributed by atoms with van der Waals surface area (Å²) in [6.07, 6.45) is 99.7. The van der Waals surface area contributed by atoms with Gasteiger partial charge in [0.25, 0.3) is 0 Å². The summed E-state index contributed by atoms with van der Waals surface area (Å²) in [5, 5.41) is 0. The minimum absolute atomic E-state index is 0.0971. The molecule has 0 N–H and O–H groups in total. The first-order valence-electron chi connectivity index (χ1n) is 33.5. The minimum Gasteiger partial charge on any atom is -0.462 e. The number of rotatable bonds is 59. The van der Waals surface area contributed by atoms with Crippen molar-refractivity contribution in [3.05, 3.63) is 158 Å². The van der Waals surface area contributed by atoms with Gasteiger partial charge in [-0.2, -0.15) is 0 Å². The molecule has 1 atom stereocenters. The molecule has 0 bridgehead atoms. The van der Waals surface area contributed by atoms with Gasteiger partial charge >= 0.3 is 17.9 Å². The van der Waals surface area contributed by atoms with Crippen LogP contribution >= 0.6 is 0 Å². The van der Waals surface area contributed by atoms with Crippen LogP contribution in [-0.2, 0) is 28.6 Å². The first-order chi connectivity index (χ1) is 40.5. The molecule has 0 radical (unpaired) electrons. The Kier molecular flexibility index (Phi) is 64.4. The van der Waals surface area contributed by atoms with Crippen molar-refractivity contribution in [2.24, 2.45) is 0 Å². The fraction of sp³-hybridized carbons (Fsp3) is 0.618. The van der Waals surface area contributed by atoms with Crippen LogP contribution in [0.25, 0.3) is 0 Å². The van der Waals surface area contributed by atoms with Crippen LogP contribution in [0.5, 0.6) is 0 Å². The summed E-state index contributed by atoms with van der Waals surface area (Å²) in [6, 6.07) is 0. The first kappa shape index (κ1) is 77.0. The van der Waals surface area contributed by atoms with Crippen LogP contribution < -0.4 is 0 Å². The predicted molar refractivity (Wildman–Crippen MR) is 357 cm³/mol. The maximum absolute atomic E-state index is 12.9. The molecule has 0 aliphatic heterocycles. The molecule has 0 aliphatic rings. The van der Waals surface area contributed by atoms with Gasteiger partial charge in [-0.15, -0.1) is 0 Å². The molecule has 0 saturated heterocycles. The number of carbonyl (C=O) groups is 3. The van der Waals surface area contributed by atoms with Gasteiger partial charge in [-0.1, -0.05) is 294 Å². The lowest BCUT2D eigenvalue weighted by Gasteiger charge is -2.18. The second kappa shape index (κ2) is 68.5. The highest BCUT2D eigenvalue weighted by Crippen LogP contribution is 2.15. The van der Waals surface area contributed by atoms with E-state index in [1.54, 1.807) is 0 Å². The molecular weight excluding hydrogens is 1010 g/mol. The van der Waals surface area contributed by atoms with Crippen molar-refractivity contribution in [3.8, 4) is 0 Å². The number of esters is 3. The monoisotopic (exact) mass is 1130 g/mol. The molecule has 462 valence electrons. The van der Waals surface area contributed by atoms with Crippen molar-refractivity contribution < 1.29 is 28.6 Å².